The molecule has 0 aromatic heterocycles. The third-order valence-electron chi connectivity index (χ3n) is 2.63. The Morgan fingerprint density at radius 1 is 1.50 bits per heavy atom. The van der Waals surface area contributed by atoms with E-state index in [0.717, 1.165) is 6.54 Å². The van der Waals surface area contributed by atoms with E-state index in [1.54, 1.807) is 23.1 Å². The number of piperazine rings is 1. The third-order valence-corrected chi connectivity index (χ3v) is 3.02. The molecular formula is C11H14ClN3O. The standard InChI is InChI=1S/C11H14ClN3O/c12-10-7-14-5-6-15(10)11(16)8-3-1-2-4-9(8)13/h1-4,10,14H,5-7,13H2. The lowest BCUT2D eigenvalue weighted by Gasteiger charge is -2.32. The van der Waals surface area contributed by atoms with Crippen molar-refractivity contribution < 1.29 is 4.79 Å². The van der Waals surface area contributed by atoms with Gasteiger partial charge in [0.15, 0.2) is 0 Å². The van der Waals surface area contributed by atoms with E-state index in [4.69, 9.17) is 17.3 Å². The summed E-state index contributed by atoms with van der Waals surface area (Å²) in [4.78, 5) is 13.8. The number of hydrogen-bond donors (Lipinski definition) is 2. The fraction of sp³-hybridized carbons (Fsp3) is 0.364. The van der Waals surface area contributed by atoms with Crippen LogP contribution in [0, 0.1) is 0 Å². The van der Waals surface area contributed by atoms with Crippen molar-refractivity contribution in [3.8, 4) is 0 Å². The van der Waals surface area contributed by atoms with Gasteiger partial charge >= 0.3 is 0 Å². The van der Waals surface area contributed by atoms with Crippen molar-refractivity contribution in [3.05, 3.63) is 29.8 Å². The third kappa shape index (κ3) is 2.13. The average molecular weight is 240 g/mol. The molecule has 16 heavy (non-hydrogen) atoms. The fourth-order valence-electron chi connectivity index (χ4n) is 1.75. The first-order chi connectivity index (χ1) is 7.70. The van der Waals surface area contributed by atoms with Crippen LogP contribution in [-0.4, -0.2) is 35.9 Å². The monoisotopic (exact) mass is 239 g/mol. The number of para-hydroxylation sites is 1. The number of nitrogens with two attached hydrogens (primary N) is 1. The topological polar surface area (TPSA) is 58.4 Å². The predicted molar refractivity (Wildman–Crippen MR) is 64.4 cm³/mol. The summed E-state index contributed by atoms with van der Waals surface area (Å²) in [6.45, 7) is 1.99. The van der Waals surface area contributed by atoms with Crippen molar-refractivity contribution in [2.45, 2.75) is 5.50 Å². The summed E-state index contributed by atoms with van der Waals surface area (Å²) >= 11 is 6.08. The molecule has 1 aliphatic rings. The molecule has 0 radical (unpaired) electrons. The van der Waals surface area contributed by atoms with Gasteiger partial charge in [0.25, 0.3) is 5.91 Å². The second-order valence-electron chi connectivity index (χ2n) is 3.72. The summed E-state index contributed by atoms with van der Waals surface area (Å²) in [6.07, 6.45) is 0. The van der Waals surface area contributed by atoms with E-state index in [-0.39, 0.29) is 11.4 Å². The molecule has 1 aromatic rings. The summed E-state index contributed by atoms with van der Waals surface area (Å²) in [6, 6.07) is 7.05. The number of hydrogen-bond acceptors (Lipinski definition) is 3. The number of alkyl halides is 1. The van der Waals surface area contributed by atoms with Crippen LogP contribution in [0.3, 0.4) is 0 Å². The number of rotatable bonds is 1. The molecule has 0 saturated carbocycles. The Morgan fingerprint density at radius 2 is 2.25 bits per heavy atom. The summed E-state index contributed by atoms with van der Waals surface area (Å²) in [5.41, 5.74) is 6.48. The first-order valence-electron chi connectivity index (χ1n) is 5.20. The Labute approximate surface area is 99.4 Å². The zero-order chi connectivity index (χ0) is 11.5. The second kappa shape index (κ2) is 4.72. The van der Waals surface area contributed by atoms with Crippen LogP contribution in [0.25, 0.3) is 0 Å². The van der Waals surface area contributed by atoms with Gasteiger partial charge in [0, 0.05) is 25.3 Å². The minimum absolute atomic E-state index is 0.0976. The van der Waals surface area contributed by atoms with E-state index < -0.39 is 0 Å². The van der Waals surface area contributed by atoms with Crippen LogP contribution < -0.4 is 11.1 Å². The van der Waals surface area contributed by atoms with Gasteiger partial charge in [-0.05, 0) is 12.1 Å². The minimum Gasteiger partial charge on any atom is -0.398 e. The molecule has 1 unspecified atom stereocenters. The van der Waals surface area contributed by atoms with Crippen molar-refractivity contribution in [2.24, 2.45) is 0 Å². The van der Waals surface area contributed by atoms with Gasteiger partial charge in [-0.2, -0.15) is 0 Å². The highest BCUT2D eigenvalue weighted by molar-refractivity contribution is 6.22. The van der Waals surface area contributed by atoms with Crippen molar-refractivity contribution in [2.75, 3.05) is 25.4 Å². The highest BCUT2D eigenvalue weighted by atomic mass is 35.5. The van der Waals surface area contributed by atoms with Crippen LogP contribution in [0.5, 0.6) is 0 Å². The van der Waals surface area contributed by atoms with Crippen LogP contribution in [0.1, 0.15) is 10.4 Å². The van der Waals surface area contributed by atoms with Crippen molar-refractivity contribution in [1.82, 2.24) is 10.2 Å². The smallest absolute Gasteiger partial charge is 0.257 e. The van der Waals surface area contributed by atoms with Gasteiger partial charge in [-0.15, -0.1) is 0 Å². The van der Waals surface area contributed by atoms with Gasteiger partial charge < -0.3 is 16.0 Å². The van der Waals surface area contributed by atoms with Gasteiger partial charge in [0.05, 0.1) is 5.56 Å². The highest BCUT2D eigenvalue weighted by Gasteiger charge is 2.26. The molecule has 4 nitrogen and oxygen atoms in total. The van der Waals surface area contributed by atoms with Crippen LogP contribution in [0.4, 0.5) is 5.69 Å². The first-order valence-corrected chi connectivity index (χ1v) is 5.64. The molecule has 1 aromatic carbocycles. The van der Waals surface area contributed by atoms with Crippen molar-refractivity contribution in [3.63, 3.8) is 0 Å². The average Bonchev–Trinajstić information content (AvgIpc) is 2.29. The first kappa shape index (κ1) is 11.2. The number of carbonyl (C=O) groups is 1. The van der Waals surface area contributed by atoms with E-state index in [0.29, 0.717) is 24.3 Å². The van der Waals surface area contributed by atoms with Gasteiger partial charge in [0.2, 0.25) is 0 Å². The molecule has 1 amide bonds. The SMILES string of the molecule is Nc1ccccc1C(=O)N1CCNCC1Cl. The molecule has 1 atom stereocenters. The van der Waals surface area contributed by atoms with Crippen molar-refractivity contribution in [1.29, 1.82) is 0 Å². The van der Waals surface area contributed by atoms with E-state index in [9.17, 15) is 4.79 Å². The minimum atomic E-state index is -0.305. The van der Waals surface area contributed by atoms with E-state index in [1.807, 2.05) is 6.07 Å². The van der Waals surface area contributed by atoms with Gasteiger partial charge in [-0.1, -0.05) is 23.7 Å². The summed E-state index contributed by atoms with van der Waals surface area (Å²) in [7, 11) is 0. The number of nitrogens with zero attached hydrogens (tertiary/aromatic N) is 1. The predicted octanol–water partition coefficient (Wildman–Crippen LogP) is 0.879. The maximum absolute atomic E-state index is 12.2. The molecule has 1 aliphatic heterocycles. The second-order valence-corrected chi connectivity index (χ2v) is 4.23. The van der Waals surface area contributed by atoms with Crippen LogP contribution in [0.15, 0.2) is 24.3 Å². The molecular weight excluding hydrogens is 226 g/mol. The van der Waals surface area contributed by atoms with E-state index in [1.165, 1.54) is 0 Å². The zero-order valence-electron chi connectivity index (χ0n) is 8.82. The van der Waals surface area contributed by atoms with Crippen LogP contribution in [-0.2, 0) is 0 Å². The molecule has 3 N–H and O–H groups in total. The molecule has 0 spiro atoms. The van der Waals surface area contributed by atoms with Gasteiger partial charge in [0.1, 0.15) is 5.50 Å². The lowest BCUT2D eigenvalue weighted by atomic mass is 10.1. The maximum Gasteiger partial charge on any atom is 0.257 e. The van der Waals surface area contributed by atoms with Crippen LogP contribution >= 0.6 is 11.6 Å². The lowest BCUT2D eigenvalue weighted by molar-refractivity contribution is 0.0708. The Kier molecular flexibility index (Phi) is 3.31. The number of benzene rings is 1. The molecule has 5 heteroatoms. The Bertz CT molecular complexity index is 397. The quantitative estimate of drug-likeness (QED) is 0.435. The molecule has 2 rings (SSSR count). The van der Waals surface area contributed by atoms with Gasteiger partial charge in [-0.25, -0.2) is 0 Å². The number of nitrogens with one attached hydrogen (secondary N) is 1. The summed E-state index contributed by atoms with van der Waals surface area (Å²) in [5.74, 6) is -0.0976. The number of anilines is 1. The zero-order valence-corrected chi connectivity index (χ0v) is 9.57. The molecule has 1 saturated heterocycles. The summed E-state index contributed by atoms with van der Waals surface area (Å²) in [5, 5.41) is 3.13. The number of carbonyl (C=O) groups excluding carboxylic acids is 1. The highest BCUT2D eigenvalue weighted by Crippen LogP contribution is 2.17. The Balaban J connectivity index is 2.21. The number of nitrogen functional groups attached to an aromatic ring is 1. The van der Waals surface area contributed by atoms with E-state index >= 15 is 0 Å². The molecule has 0 aliphatic carbocycles. The van der Waals surface area contributed by atoms with Crippen molar-refractivity contribution >= 4 is 23.2 Å². The largest absolute Gasteiger partial charge is 0.398 e. The van der Waals surface area contributed by atoms with Crippen LogP contribution in [0.2, 0.25) is 0 Å². The lowest BCUT2D eigenvalue weighted by Crippen LogP contribution is -2.51. The molecule has 86 valence electrons. The number of halogens is 1. The summed E-state index contributed by atoms with van der Waals surface area (Å²) < 4.78 is 0. The Hall–Kier alpha value is -1.26. The normalized spacial score (nSPS) is 20.8. The Morgan fingerprint density at radius 3 is 2.94 bits per heavy atom. The fourth-order valence-corrected chi connectivity index (χ4v) is 2.04. The molecule has 1 fully saturated rings. The maximum atomic E-state index is 12.2. The van der Waals surface area contributed by atoms with Gasteiger partial charge in [-0.3, -0.25) is 4.79 Å². The molecule has 0 bridgehead atoms. The van der Waals surface area contributed by atoms with E-state index in [2.05, 4.69) is 5.32 Å². The number of amides is 1. The molecule has 1 heterocycles.